The molecule has 2 N–H and O–H groups in total. The SMILES string of the molecule is Fc1ccc(CCNC2CCNCC2)c(F)c1. The van der Waals surface area contributed by atoms with Crippen molar-refractivity contribution >= 4 is 0 Å². The van der Waals surface area contributed by atoms with Gasteiger partial charge in [-0.25, -0.2) is 8.78 Å². The van der Waals surface area contributed by atoms with E-state index in [2.05, 4.69) is 10.6 Å². The van der Waals surface area contributed by atoms with E-state index in [0.29, 0.717) is 18.0 Å². The summed E-state index contributed by atoms with van der Waals surface area (Å²) in [5.41, 5.74) is 0.577. The summed E-state index contributed by atoms with van der Waals surface area (Å²) >= 11 is 0. The molecule has 17 heavy (non-hydrogen) atoms. The quantitative estimate of drug-likeness (QED) is 0.839. The van der Waals surface area contributed by atoms with Crippen LogP contribution < -0.4 is 10.6 Å². The van der Waals surface area contributed by atoms with Gasteiger partial charge in [0.25, 0.3) is 0 Å². The summed E-state index contributed by atoms with van der Waals surface area (Å²) in [5.74, 6) is -0.963. The maximum atomic E-state index is 13.3. The third-order valence-electron chi connectivity index (χ3n) is 3.18. The monoisotopic (exact) mass is 240 g/mol. The lowest BCUT2D eigenvalue weighted by molar-refractivity contribution is 0.389. The number of piperidine rings is 1. The van der Waals surface area contributed by atoms with Crippen molar-refractivity contribution in [1.29, 1.82) is 0 Å². The Kier molecular flexibility index (Phi) is 4.45. The first-order valence-electron chi connectivity index (χ1n) is 6.14. The van der Waals surface area contributed by atoms with Crippen LogP contribution in [0.2, 0.25) is 0 Å². The highest BCUT2D eigenvalue weighted by molar-refractivity contribution is 5.18. The van der Waals surface area contributed by atoms with Crippen molar-refractivity contribution in [2.24, 2.45) is 0 Å². The van der Waals surface area contributed by atoms with Crippen molar-refractivity contribution in [2.75, 3.05) is 19.6 Å². The Morgan fingerprint density at radius 2 is 2.00 bits per heavy atom. The Bertz CT molecular complexity index is 362. The zero-order valence-corrected chi connectivity index (χ0v) is 9.81. The minimum Gasteiger partial charge on any atom is -0.317 e. The van der Waals surface area contributed by atoms with Crippen LogP contribution >= 0.6 is 0 Å². The van der Waals surface area contributed by atoms with Gasteiger partial charge >= 0.3 is 0 Å². The molecule has 0 aromatic heterocycles. The molecule has 1 aliphatic heterocycles. The molecule has 0 spiro atoms. The third kappa shape index (κ3) is 3.75. The van der Waals surface area contributed by atoms with Crippen molar-refractivity contribution in [3.05, 3.63) is 35.4 Å². The van der Waals surface area contributed by atoms with E-state index in [1.54, 1.807) is 0 Å². The molecule has 1 aliphatic rings. The maximum Gasteiger partial charge on any atom is 0.129 e. The summed E-state index contributed by atoms with van der Waals surface area (Å²) in [6.45, 7) is 2.83. The van der Waals surface area contributed by atoms with Gasteiger partial charge in [-0.2, -0.15) is 0 Å². The van der Waals surface area contributed by atoms with E-state index in [1.807, 2.05) is 0 Å². The summed E-state index contributed by atoms with van der Waals surface area (Å²) in [7, 11) is 0. The highest BCUT2D eigenvalue weighted by Crippen LogP contribution is 2.10. The predicted octanol–water partition coefficient (Wildman–Crippen LogP) is 1.85. The second-order valence-corrected chi connectivity index (χ2v) is 4.46. The molecule has 0 amide bonds. The van der Waals surface area contributed by atoms with Gasteiger partial charge in [0, 0.05) is 12.1 Å². The number of benzene rings is 1. The lowest BCUT2D eigenvalue weighted by Gasteiger charge is -2.23. The van der Waals surface area contributed by atoms with Crippen LogP contribution in [0.25, 0.3) is 0 Å². The van der Waals surface area contributed by atoms with Crippen molar-refractivity contribution in [3.63, 3.8) is 0 Å². The van der Waals surface area contributed by atoms with Crippen molar-refractivity contribution in [3.8, 4) is 0 Å². The van der Waals surface area contributed by atoms with Crippen LogP contribution in [0, 0.1) is 11.6 Å². The molecule has 1 aromatic rings. The Morgan fingerprint density at radius 3 is 2.71 bits per heavy atom. The zero-order chi connectivity index (χ0) is 12.1. The molecule has 94 valence electrons. The minimum absolute atomic E-state index is 0.447. The first kappa shape index (κ1) is 12.5. The van der Waals surface area contributed by atoms with E-state index < -0.39 is 11.6 Å². The van der Waals surface area contributed by atoms with Crippen LogP contribution in [0.3, 0.4) is 0 Å². The van der Waals surface area contributed by atoms with Crippen LogP contribution in [0.5, 0.6) is 0 Å². The summed E-state index contributed by atoms with van der Waals surface area (Å²) in [5, 5.41) is 6.71. The van der Waals surface area contributed by atoms with Gasteiger partial charge in [0.15, 0.2) is 0 Å². The predicted molar refractivity (Wildman–Crippen MR) is 64.0 cm³/mol. The summed E-state index contributed by atoms with van der Waals surface area (Å²) in [4.78, 5) is 0. The average molecular weight is 240 g/mol. The fraction of sp³-hybridized carbons (Fsp3) is 0.538. The van der Waals surface area contributed by atoms with E-state index in [9.17, 15) is 8.78 Å². The Hall–Kier alpha value is -1.00. The molecule has 2 rings (SSSR count). The molecule has 0 saturated carbocycles. The van der Waals surface area contributed by atoms with E-state index in [-0.39, 0.29) is 0 Å². The summed E-state index contributed by atoms with van der Waals surface area (Å²) < 4.78 is 26.0. The normalized spacial score (nSPS) is 17.3. The number of nitrogens with one attached hydrogen (secondary N) is 2. The van der Waals surface area contributed by atoms with Crippen LogP contribution in [0.4, 0.5) is 8.78 Å². The molecule has 0 bridgehead atoms. The molecule has 2 nitrogen and oxygen atoms in total. The van der Waals surface area contributed by atoms with Gasteiger partial charge in [0.1, 0.15) is 11.6 Å². The molecule has 0 unspecified atom stereocenters. The molecule has 0 radical (unpaired) electrons. The molecule has 0 atom stereocenters. The summed E-state index contributed by atoms with van der Waals surface area (Å²) in [6.07, 6.45) is 2.84. The number of halogens is 2. The molecule has 1 saturated heterocycles. The minimum atomic E-state index is -0.516. The largest absolute Gasteiger partial charge is 0.317 e. The van der Waals surface area contributed by atoms with E-state index in [0.717, 1.165) is 38.5 Å². The second-order valence-electron chi connectivity index (χ2n) is 4.46. The Balaban J connectivity index is 1.77. The summed E-state index contributed by atoms with van der Waals surface area (Å²) in [6, 6.07) is 4.30. The fourth-order valence-corrected chi connectivity index (χ4v) is 2.16. The first-order chi connectivity index (χ1) is 8.25. The van der Waals surface area contributed by atoms with Gasteiger partial charge in [-0.15, -0.1) is 0 Å². The highest BCUT2D eigenvalue weighted by atomic mass is 19.1. The Labute approximate surface area is 100 Å². The van der Waals surface area contributed by atoms with Crippen LogP contribution in [-0.4, -0.2) is 25.7 Å². The average Bonchev–Trinajstić information content (AvgIpc) is 2.33. The van der Waals surface area contributed by atoms with Gasteiger partial charge in [-0.1, -0.05) is 6.07 Å². The van der Waals surface area contributed by atoms with Crippen molar-refractivity contribution < 1.29 is 8.78 Å². The number of hydrogen-bond acceptors (Lipinski definition) is 2. The second kappa shape index (κ2) is 6.07. The zero-order valence-electron chi connectivity index (χ0n) is 9.81. The molecular formula is C13H18F2N2. The molecule has 4 heteroatoms. The van der Waals surface area contributed by atoms with Crippen LogP contribution in [0.1, 0.15) is 18.4 Å². The lowest BCUT2D eigenvalue weighted by Crippen LogP contribution is -2.40. The van der Waals surface area contributed by atoms with Crippen molar-refractivity contribution in [1.82, 2.24) is 10.6 Å². The lowest BCUT2D eigenvalue weighted by atomic mass is 10.1. The molecular weight excluding hydrogens is 222 g/mol. The molecule has 1 heterocycles. The number of rotatable bonds is 4. The van der Waals surface area contributed by atoms with E-state index >= 15 is 0 Å². The van der Waals surface area contributed by atoms with Gasteiger partial charge < -0.3 is 10.6 Å². The van der Waals surface area contributed by atoms with Crippen LogP contribution in [0.15, 0.2) is 18.2 Å². The van der Waals surface area contributed by atoms with Gasteiger partial charge in [0.2, 0.25) is 0 Å². The van der Waals surface area contributed by atoms with E-state index in [1.165, 1.54) is 12.1 Å². The Morgan fingerprint density at radius 1 is 1.24 bits per heavy atom. The maximum absolute atomic E-state index is 13.3. The fourth-order valence-electron chi connectivity index (χ4n) is 2.16. The third-order valence-corrected chi connectivity index (χ3v) is 3.18. The highest BCUT2D eigenvalue weighted by Gasteiger charge is 2.12. The van der Waals surface area contributed by atoms with Crippen molar-refractivity contribution in [2.45, 2.75) is 25.3 Å². The van der Waals surface area contributed by atoms with Gasteiger partial charge in [-0.3, -0.25) is 0 Å². The van der Waals surface area contributed by atoms with Crippen LogP contribution in [-0.2, 0) is 6.42 Å². The standard InChI is InChI=1S/C13H18F2N2/c14-11-2-1-10(13(15)9-11)3-8-17-12-4-6-16-7-5-12/h1-2,9,12,16-17H,3-8H2. The van der Waals surface area contributed by atoms with E-state index in [4.69, 9.17) is 0 Å². The molecule has 1 aromatic carbocycles. The topological polar surface area (TPSA) is 24.1 Å². The smallest absolute Gasteiger partial charge is 0.129 e. The van der Waals surface area contributed by atoms with Gasteiger partial charge in [0.05, 0.1) is 0 Å². The number of hydrogen-bond donors (Lipinski definition) is 2. The molecule has 1 fully saturated rings. The van der Waals surface area contributed by atoms with Gasteiger partial charge in [-0.05, 0) is 50.5 Å². The molecule has 0 aliphatic carbocycles. The first-order valence-corrected chi connectivity index (χ1v) is 6.14.